The number of aliphatic hydroxyl groups excluding tert-OH is 1. The summed E-state index contributed by atoms with van der Waals surface area (Å²) in [6, 6.07) is 5.92. The van der Waals surface area contributed by atoms with Crippen LogP contribution in [0.4, 0.5) is 5.13 Å². The van der Waals surface area contributed by atoms with Gasteiger partial charge in [0.05, 0.1) is 26.3 Å². The van der Waals surface area contributed by atoms with Gasteiger partial charge in [0.1, 0.15) is 6.10 Å². The average Bonchev–Trinajstić information content (AvgIpc) is 3.32. The average molecular weight is 418 g/mol. The first kappa shape index (κ1) is 20.0. The maximum atomic E-state index is 11.4. The van der Waals surface area contributed by atoms with E-state index in [1.807, 2.05) is 36.7 Å². The smallest absolute Gasteiger partial charge is 0.209 e. The van der Waals surface area contributed by atoms with E-state index in [0.29, 0.717) is 24.6 Å². The Kier molecular flexibility index (Phi) is 5.40. The van der Waals surface area contributed by atoms with Crippen LogP contribution in [0.25, 0.3) is 0 Å². The molecule has 2 aromatic rings. The van der Waals surface area contributed by atoms with Crippen LogP contribution in [0.5, 0.6) is 11.5 Å². The minimum Gasteiger partial charge on any atom is -0.493 e. The molecule has 0 spiro atoms. The van der Waals surface area contributed by atoms with Gasteiger partial charge in [-0.05, 0) is 24.6 Å². The molecule has 0 saturated carbocycles. The van der Waals surface area contributed by atoms with E-state index in [1.54, 1.807) is 30.3 Å². The fourth-order valence-corrected chi connectivity index (χ4v) is 4.93. The van der Waals surface area contributed by atoms with Crippen LogP contribution < -0.4 is 14.4 Å². The molecule has 2 aliphatic rings. The summed E-state index contributed by atoms with van der Waals surface area (Å²) in [5.41, 5.74) is 0.634. The lowest BCUT2D eigenvalue weighted by Crippen LogP contribution is -2.54. The normalized spacial score (nSPS) is 25.6. The molecule has 156 valence electrons. The highest BCUT2D eigenvalue weighted by Crippen LogP contribution is 2.46. The fraction of sp³-hybridized carbons (Fsp3) is 0.524. The molecule has 1 aromatic carbocycles. The molecule has 1 aromatic heterocycles. The van der Waals surface area contributed by atoms with Crippen molar-refractivity contribution in [3.63, 3.8) is 0 Å². The third-order valence-corrected chi connectivity index (χ3v) is 7.11. The van der Waals surface area contributed by atoms with E-state index in [1.165, 1.54) is 0 Å². The molecule has 3 heterocycles. The molecule has 1 amide bonds. The van der Waals surface area contributed by atoms with Gasteiger partial charge in [-0.15, -0.1) is 11.3 Å². The first-order valence-corrected chi connectivity index (χ1v) is 10.7. The first-order valence-electron chi connectivity index (χ1n) is 9.81. The number of hydrogen-bond acceptors (Lipinski definition) is 7. The van der Waals surface area contributed by atoms with Crippen LogP contribution in [-0.4, -0.2) is 66.9 Å². The van der Waals surface area contributed by atoms with Crippen molar-refractivity contribution < 1.29 is 19.4 Å². The van der Waals surface area contributed by atoms with Gasteiger partial charge in [-0.1, -0.05) is 13.0 Å². The molecule has 1 unspecified atom stereocenters. The van der Waals surface area contributed by atoms with Crippen molar-refractivity contribution in [1.29, 1.82) is 0 Å². The van der Waals surface area contributed by atoms with Gasteiger partial charge in [0.15, 0.2) is 16.6 Å². The highest BCUT2D eigenvalue weighted by molar-refractivity contribution is 7.13. The molecule has 1 N–H and O–H groups in total. The highest BCUT2D eigenvalue weighted by Gasteiger charge is 2.47. The van der Waals surface area contributed by atoms with Gasteiger partial charge < -0.3 is 24.4 Å². The van der Waals surface area contributed by atoms with Crippen LogP contribution in [0.15, 0.2) is 29.8 Å². The van der Waals surface area contributed by atoms with Gasteiger partial charge in [0.25, 0.3) is 0 Å². The Balaban J connectivity index is 1.53. The number of amides is 1. The monoisotopic (exact) mass is 417 g/mol. The molecule has 8 heteroatoms. The Labute approximate surface area is 174 Å². The topological polar surface area (TPSA) is 75.1 Å². The van der Waals surface area contributed by atoms with Crippen LogP contribution in [0.2, 0.25) is 0 Å². The lowest BCUT2D eigenvalue weighted by Gasteiger charge is -2.39. The second-order valence-corrected chi connectivity index (χ2v) is 9.01. The number of methoxy groups -OCH3 is 1. The van der Waals surface area contributed by atoms with Crippen LogP contribution in [0, 0.1) is 5.41 Å². The Morgan fingerprint density at radius 3 is 2.76 bits per heavy atom. The van der Waals surface area contributed by atoms with Crippen molar-refractivity contribution in [3.8, 4) is 11.5 Å². The van der Waals surface area contributed by atoms with Crippen molar-refractivity contribution in [1.82, 2.24) is 9.88 Å². The minimum absolute atomic E-state index is 0.0224. The third-order valence-electron chi connectivity index (χ3n) is 6.28. The number of thiazole rings is 1. The molecule has 4 rings (SSSR count). The molecular weight excluding hydrogens is 390 g/mol. The SMILES string of the molecule is COc1ccc([C@@H]2CN(C=O)C[C@@]2(C)C(C)O)cc1OC1CN(c2nccs2)C1. The Hall–Kier alpha value is -2.32. The zero-order valence-corrected chi connectivity index (χ0v) is 17.8. The fourth-order valence-electron chi connectivity index (χ4n) is 4.27. The molecule has 2 saturated heterocycles. The summed E-state index contributed by atoms with van der Waals surface area (Å²) in [4.78, 5) is 19.6. The molecule has 0 bridgehead atoms. The van der Waals surface area contributed by atoms with E-state index < -0.39 is 11.5 Å². The van der Waals surface area contributed by atoms with E-state index >= 15 is 0 Å². The summed E-state index contributed by atoms with van der Waals surface area (Å²) in [7, 11) is 1.63. The lowest BCUT2D eigenvalue weighted by molar-refractivity contribution is -0.117. The largest absolute Gasteiger partial charge is 0.493 e. The number of benzene rings is 1. The number of aromatic nitrogens is 1. The van der Waals surface area contributed by atoms with E-state index in [0.717, 1.165) is 30.2 Å². The van der Waals surface area contributed by atoms with E-state index in [2.05, 4.69) is 9.88 Å². The number of aliphatic hydroxyl groups is 1. The van der Waals surface area contributed by atoms with Gasteiger partial charge >= 0.3 is 0 Å². The predicted molar refractivity (Wildman–Crippen MR) is 112 cm³/mol. The molecule has 7 nitrogen and oxygen atoms in total. The van der Waals surface area contributed by atoms with Crippen LogP contribution in [-0.2, 0) is 4.79 Å². The van der Waals surface area contributed by atoms with Crippen molar-refractivity contribution in [2.24, 2.45) is 5.41 Å². The second kappa shape index (κ2) is 7.84. The number of hydrogen-bond donors (Lipinski definition) is 1. The predicted octanol–water partition coefficient (Wildman–Crippen LogP) is 2.36. The molecule has 0 aliphatic carbocycles. The van der Waals surface area contributed by atoms with Crippen molar-refractivity contribution in [2.75, 3.05) is 38.2 Å². The Morgan fingerprint density at radius 1 is 1.34 bits per heavy atom. The van der Waals surface area contributed by atoms with Crippen molar-refractivity contribution in [2.45, 2.75) is 32.0 Å². The minimum atomic E-state index is -0.539. The van der Waals surface area contributed by atoms with E-state index in [-0.39, 0.29) is 12.0 Å². The molecule has 0 radical (unpaired) electrons. The zero-order valence-electron chi connectivity index (χ0n) is 16.9. The van der Waals surface area contributed by atoms with Gasteiger partial charge in [0.2, 0.25) is 6.41 Å². The maximum absolute atomic E-state index is 11.4. The molecule has 2 aliphatic heterocycles. The summed E-state index contributed by atoms with van der Waals surface area (Å²) in [6.07, 6.45) is 2.20. The van der Waals surface area contributed by atoms with Crippen molar-refractivity contribution in [3.05, 3.63) is 35.3 Å². The lowest BCUT2D eigenvalue weighted by atomic mass is 9.72. The molecule has 2 fully saturated rings. The number of nitrogens with zero attached hydrogens (tertiary/aromatic N) is 3. The summed E-state index contributed by atoms with van der Waals surface area (Å²) in [6.45, 7) is 6.52. The number of anilines is 1. The van der Waals surface area contributed by atoms with Crippen molar-refractivity contribution >= 4 is 22.9 Å². The molecule has 29 heavy (non-hydrogen) atoms. The van der Waals surface area contributed by atoms with Crippen LogP contribution in [0.3, 0.4) is 0 Å². The second-order valence-electron chi connectivity index (χ2n) is 8.14. The number of likely N-dealkylation sites (tertiary alicyclic amines) is 1. The number of carbonyl (C=O) groups excluding carboxylic acids is 1. The Morgan fingerprint density at radius 2 is 2.14 bits per heavy atom. The summed E-state index contributed by atoms with van der Waals surface area (Å²) in [5.74, 6) is 1.41. The Bertz CT molecular complexity index is 854. The standard InChI is InChI=1S/C21H27N3O4S/c1-14(26)21(2)12-23(13-25)11-17(21)15-4-5-18(27-3)19(8-15)28-16-9-24(10-16)20-22-6-7-29-20/h4-8,13-14,16-17,26H,9-12H2,1-3H3/t14?,17-,21-/m0/s1. The molecule has 3 atom stereocenters. The number of carbonyl (C=O) groups is 1. The van der Waals surface area contributed by atoms with Gasteiger partial charge in [-0.25, -0.2) is 4.98 Å². The quantitative estimate of drug-likeness (QED) is 0.697. The third kappa shape index (κ3) is 3.67. The van der Waals surface area contributed by atoms with E-state index in [9.17, 15) is 9.90 Å². The first-order chi connectivity index (χ1) is 13.9. The summed E-state index contributed by atoms with van der Waals surface area (Å²) in [5, 5.41) is 13.4. The number of rotatable bonds is 7. The maximum Gasteiger partial charge on any atom is 0.209 e. The van der Waals surface area contributed by atoms with Gasteiger partial charge in [-0.3, -0.25) is 4.79 Å². The summed E-state index contributed by atoms with van der Waals surface area (Å²) >= 11 is 1.62. The van der Waals surface area contributed by atoms with Gasteiger partial charge in [0, 0.05) is 36.0 Å². The summed E-state index contributed by atoms with van der Waals surface area (Å²) < 4.78 is 11.8. The van der Waals surface area contributed by atoms with Gasteiger partial charge in [-0.2, -0.15) is 0 Å². The van der Waals surface area contributed by atoms with E-state index in [4.69, 9.17) is 9.47 Å². The van der Waals surface area contributed by atoms with Crippen LogP contribution >= 0.6 is 11.3 Å². The zero-order chi connectivity index (χ0) is 20.6. The molecular formula is C21H27N3O4S. The van der Waals surface area contributed by atoms with Crippen LogP contribution in [0.1, 0.15) is 25.3 Å². The highest BCUT2D eigenvalue weighted by atomic mass is 32.1. The number of ether oxygens (including phenoxy) is 2.